The van der Waals surface area contributed by atoms with E-state index < -0.39 is 0 Å². The molecule has 0 aromatic carbocycles. The molecule has 2 fully saturated rings. The van der Waals surface area contributed by atoms with Gasteiger partial charge in [-0.2, -0.15) is 0 Å². The maximum Gasteiger partial charge on any atom is 0.275 e. The Morgan fingerprint density at radius 2 is 2.31 bits per heavy atom. The van der Waals surface area contributed by atoms with Crippen LogP contribution in [0.15, 0.2) is 35.3 Å². The Morgan fingerprint density at radius 1 is 1.38 bits per heavy atom. The number of aryl methyl sites for hydroxylation is 1. The Kier molecular flexibility index (Phi) is 4.99. The van der Waals surface area contributed by atoms with Crippen LogP contribution in [-0.4, -0.2) is 53.2 Å². The molecule has 7 nitrogen and oxygen atoms in total. The highest BCUT2D eigenvalue weighted by Gasteiger charge is 2.45. The van der Waals surface area contributed by atoms with Crippen LogP contribution in [0.25, 0.3) is 0 Å². The third-order valence-corrected chi connectivity index (χ3v) is 5.21. The Bertz CT molecular complexity index is 749. The molecule has 7 heteroatoms. The number of amides is 1. The van der Waals surface area contributed by atoms with Crippen LogP contribution in [0.5, 0.6) is 0 Å². The first-order chi connectivity index (χ1) is 12.7. The Labute approximate surface area is 152 Å². The SMILES string of the molecule is Cc1cccc(COCC[C@H]2CO[C@H]3CN(C(=O)c4cocn4)C[C@@H]23)n1. The Balaban J connectivity index is 1.25. The largest absolute Gasteiger partial charge is 0.451 e. The first kappa shape index (κ1) is 17.2. The summed E-state index contributed by atoms with van der Waals surface area (Å²) >= 11 is 0. The molecule has 3 atom stereocenters. The molecule has 0 aliphatic carbocycles. The third kappa shape index (κ3) is 3.64. The van der Waals surface area contributed by atoms with Crippen LogP contribution in [0.1, 0.15) is 28.3 Å². The maximum atomic E-state index is 12.4. The highest BCUT2D eigenvalue weighted by molar-refractivity contribution is 5.92. The lowest BCUT2D eigenvalue weighted by atomic mass is 9.91. The summed E-state index contributed by atoms with van der Waals surface area (Å²) < 4.78 is 16.6. The molecule has 0 saturated carbocycles. The van der Waals surface area contributed by atoms with Crippen molar-refractivity contribution in [1.82, 2.24) is 14.9 Å². The lowest BCUT2D eigenvalue weighted by molar-refractivity contribution is 0.0642. The second-order valence-electron chi connectivity index (χ2n) is 6.99. The molecule has 4 heterocycles. The molecular formula is C19H23N3O4. The average Bonchev–Trinajstić information content (AvgIpc) is 3.36. The number of rotatable bonds is 6. The lowest BCUT2D eigenvalue weighted by Gasteiger charge is -2.19. The van der Waals surface area contributed by atoms with E-state index in [4.69, 9.17) is 13.9 Å². The first-order valence-electron chi connectivity index (χ1n) is 9.00. The van der Waals surface area contributed by atoms with E-state index in [9.17, 15) is 4.79 Å². The van der Waals surface area contributed by atoms with E-state index in [0.717, 1.165) is 24.4 Å². The zero-order valence-electron chi connectivity index (χ0n) is 14.8. The van der Waals surface area contributed by atoms with Crippen molar-refractivity contribution < 1.29 is 18.7 Å². The lowest BCUT2D eigenvalue weighted by Crippen LogP contribution is -2.31. The molecule has 0 bridgehead atoms. The summed E-state index contributed by atoms with van der Waals surface area (Å²) in [6.45, 7) is 5.25. The quantitative estimate of drug-likeness (QED) is 0.737. The van der Waals surface area contributed by atoms with E-state index in [2.05, 4.69) is 9.97 Å². The number of nitrogens with zero attached hydrogens (tertiary/aromatic N) is 3. The zero-order chi connectivity index (χ0) is 17.9. The topological polar surface area (TPSA) is 77.7 Å². The fourth-order valence-electron chi connectivity index (χ4n) is 3.83. The van der Waals surface area contributed by atoms with Crippen molar-refractivity contribution in [2.45, 2.75) is 26.1 Å². The van der Waals surface area contributed by atoms with Crippen molar-refractivity contribution in [3.8, 4) is 0 Å². The van der Waals surface area contributed by atoms with Gasteiger partial charge in [-0.25, -0.2) is 4.98 Å². The summed E-state index contributed by atoms with van der Waals surface area (Å²) in [6.07, 6.45) is 3.72. The monoisotopic (exact) mass is 357 g/mol. The number of pyridine rings is 1. The number of likely N-dealkylation sites (tertiary alicyclic amines) is 1. The molecule has 4 rings (SSSR count). The van der Waals surface area contributed by atoms with Crippen molar-refractivity contribution >= 4 is 5.91 Å². The minimum Gasteiger partial charge on any atom is -0.451 e. The molecule has 2 aliphatic rings. The number of aromatic nitrogens is 2. The predicted molar refractivity (Wildman–Crippen MR) is 92.4 cm³/mol. The number of fused-ring (bicyclic) bond motifs is 1. The highest BCUT2D eigenvalue weighted by Crippen LogP contribution is 2.36. The minimum absolute atomic E-state index is 0.0859. The summed E-state index contributed by atoms with van der Waals surface area (Å²) in [4.78, 5) is 22.6. The van der Waals surface area contributed by atoms with Crippen LogP contribution in [0.3, 0.4) is 0 Å². The number of ether oxygens (including phenoxy) is 2. The van der Waals surface area contributed by atoms with Gasteiger partial charge in [0.05, 0.1) is 25.0 Å². The van der Waals surface area contributed by atoms with E-state index in [1.54, 1.807) is 0 Å². The summed E-state index contributed by atoms with van der Waals surface area (Å²) in [6, 6.07) is 5.95. The number of carbonyl (C=O) groups is 1. The number of hydrogen-bond acceptors (Lipinski definition) is 6. The zero-order valence-corrected chi connectivity index (χ0v) is 14.8. The molecule has 0 unspecified atom stereocenters. The van der Waals surface area contributed by atoms with Crippen LogP contribution in [0, 0.1) is 18.8 Å². The van der Waals surface area contributed by atoms with Crippen molar-refractivity contribution in [2.75, 3.05) is 26.3 Å². The summed E-state index contributed by atoms with van der Waals surface area (Å²) in [5.74, 6) is 0.699. The fraction of sp³-hybridized carbons (Fsp3) is 0.526. The fourth-order valence-corrected chi connectivity index (χ4v) is 3.83. The highest BCUT2D eigenvalue weighted by atomic mass is 16.5. The smallest absolute Gasteiger partial charge is 0.275 e. The van der Waals surface area contributed by atoms with Gasteiger partial charge in [0.15, 0.2) is 12.1 Å². The molecule has 2 saturated heterocycles. The molecule has 0 spiro atoms. The van der Waals surface area contributed by atoms with Gasteiger partial charge in [-0.3, -0.25) is 9.78 Å². The molecule has 2 aromatic rings. The van der Waals surface area contributed by atoms with Gasteiger partial charge >= 0.3 is 0 Å². The van der Waals surface area contributed by atoms with Crippen molar-refractivity contribution in [2.24, 2.45) is 11.8 Å². The van der Waals surface area contributed by atoms with Gasteiger partial charge < -0.3 is 18.8 Å². The van der Waals surface area contributed by atoms with Crippen LogP contribution >= 0.6 is 0 Å². The number of oxazole rings is 1. The summed E-state index contributed by atoms with van der Waals surface area (Å²) in [5, 5.41) is 0. The normalized spacial score (nSPS) is 24.8. The van der Waals surface area contributed by atoms with E-state index >= 15 is 0 Å². The van der Waals surface area contributed by atoms with Crippen LogP contribution in [-0.2, 0) is 16.1 Å². The van der Waals surface area contributed by atoms with Gasteiger partial charge in [0.25, 0.3) is 5.91 Å². The van der Waals surface area contributed by atoms with Crippen molar-refractivity contribution in [3.05, 3.63) is 47.9 Å². The van der Waals surface area contributed by atoms with Crippen LogP contribution in [0.2, 0.25) is 0 Å². The molecular weight excluding hydrogens is 334 g/mol. The molecule has 26 heavy (non-hydrogen) atoms. The van der Waals surface area contributed by atoms with Gasteiger partial charge in [-0.15, -0.1) is 0 Å². The van der Waals surface area contributed by atoms with Crippen LogP contribution in [0.4, 0.5) is 0 Å². The van der Waals surface area contributed by atoms with Gasteiger partial charge in [0.2, 0.25) is 0 Å². The molecule has 2 aliphatic heterocycles. The van der Waals surface area contributed by atoms with E-state index in [0.29, 0.717) is 43.8 Å². The Morgan fingerprint density at radius 3 is 3.12 bits per heavy atom. The number of carbonyl (C=O) groups excluding carboxylic acids is 1. The van der Waals surface area contributed by atoms with Gasteiger partial charge in [-0.1, -0.05) is 6.07 Å². The van der Waals surface area contributed by atoms with Gasteiger partial charge in [0.1, 0.15) is 6.26 Å². The minimum atomic E-state index is -0.0859. The van der Waals surface area contributed by atoms with Crippen molar-refractivity contribution in [3.63, 3.8) is 0 Å². The maximum absolute atomic E-state index is 12.4. The van der Waals surface area contributed by atoms with E-state index in [1.807, 2.05) is 30.0 Å². The van der Waals surface area contributed by atoms with Gasteiger partial charge in [0, 0.05) is 31.3 Å². The van der Waals surface area contributed by atoms with E-state index in [1.165, 1.54) is 12.7 Å². The average molecular weight is 357 g/mol. The van der Waals surface area contributed by atoms with Crippen molar-refractivity contribution in [1.29, 1.82) is 0 Å². The second-order valence-corrected chi connectivity index (χ2v) is 6.99. The van der Waals surface area contributed by atoms with E-state index in [-0.39, 0.29) is 12.0 Å². The molecule has 0 N–H and O–H groups in total. The molecule has 2 aromatic heterocycles. The molecule has 0 radical (unpaired) electrons. The first-order valence-corrected chi connectivity index (χ1v) is 9.00. The summed E-state index contributed by atoms with van der Waals surface area (Å²) in [7, 11) is 0. The Hall–Kier alpha value is -2.25. The predicted octanol–water partition coefficient (Wildman–Crippen LogP) is 2.07. The summed E-state index contributed by atoms with van der Waals surface area (Å²) in [5.41, 5.74) is 2.31. The van der Waals surface area contributed by atoms with Crippen LogP contribution < -0.4 is 0 Å². The third-order valence-electron chi connectivity index (χ3n) is 5.21. The molecule has 1 amide bonds. The standard InChI is InChI=1S/C19H23N3O4/c1-13-3-2-4-15(21-13)10-24-6-5-14-9-26-18-8-22(7-16(14)18)19(23)17-11-25-12-20-17/h2-4,11-12,14,16,18H,5-10H2,1H3/t14-,16-,18-/m0/s1. The molecule has 138 valence electrons. The number of hydrogen-bond donors (Lipinski definition) is 0. The van der Waals surface area contributed by atoms with Gasteiger partial charge in [-0.05, 0) is 31.4 Å². The second kappa shape index (κ2) is 7.55.